The van der Waals surface area contributed by atoms with Crippen LogP contribution in [0.15, 0.2) is 24.5 Å². The van der Waals surface area contributed by atoms with E-state index in [4.69, 9.17) is 5.11 Å². The lowest BCUT2D eigenvalue weighted by atomic mass is 10.2. The molecule has 0 aliphatic rings. The summed E-state index contributed by atoms with van der Waals surface area (Å²) in [5, 5.41) is 8.71. The van der Waals surface area contributed by atoms with Gasteiger partial charge in [0.1, 0.15) is 6.54 Å². The number of carboxylic acid groups (broad SMARTS) is 1. The van der Waals surface area contributed by atoms with Crippen molar-refractivity contribution in [2.24, 2.45) is 0 Å². The number of carboxylic acids is 1. The van der Waals surface area contributed by atoms with Crippen LogP contribution in [0.25, 0.3) is 0 Å². The van der Waals surface area contributed by atoms with Crippen LogP contribution in [0.3, 0.4) is 0 Å². The van der Waals surface area contributed by atoms with Crippen molar-refractivity contribution in [1.29, 1.82) is 0 Å². The number of rotatable bonds is 5. The maximum Gasteiger partial charge on any atom is 0.323 e. The highest BCUT2D eigenvalue weighted by Gasteiger charge is 2.18. The lowest BCUT2D eigenvalue weighted by Gasteiger charge is -2.25. The number of carbonyl (C=O) groups excluding carboxylic acids is 1. The van der Waals surface area contributed by atoms with Gasteiger partial charge in [-0.05, 0) is 24.6 Å². The van der Waals surface area contributed by atoms with E-state index in [0.717, 1.165) is 5.56 Å². The Labute approximate surface area is 106 Å². The highest BCUT2D eigenvalue weighted by atomic mass is 16.4. The van der Waals surface area contributed by atoms with Crippen LogP contribution in [0.2, 0.25) is 0 Å². The first-order valence-electron chi connectivity index (χ1n) is 5.65. The van der Waals surface area contributed by atoms with Gasteiger partial charge in [0.2, 0.25) is 0 Å². The molecule has 1 aromatic rings. The fourth-order valence-electron chi connectivity index (χ4n) is 1.55. The summed E-state index contributed by atoms with van der Waals surface area (Å²) in [5.41, 5.74) is 0.951. The summed E-state index contributed by atoms with van der Waals surface area (Å²) in [5.74, 6) is -1.01. The van der Waals surface area contributed by atoms with Crippen molar-refractivity contribution in [2.45, 2.75) is 13.5 Å². The number of amides is 2. The Balaban J connectivity index is 2.62. The van der Waals surface area contributed by atoms with Crippen LogP contribution in [0.5, 0.6) is 0 Å². The van der Waals surface area contributed by atoms with Crippen LogP contribution in [0, 0.1) is 0 Å². The van der Waals surface area contributed by atoms with Gasteiger partial charge in [0.05, 0.1) is 0 Å². The second-order valence-electron chi connectivity index (χ2n) is 3.90. The third kappa shape index (κ3) is 4.04. The zero-order chi connectivity index (χ0) is 13.5. The molecule has 0 bridgehead atoms. The van der Waals surface area contributed by atoms with Crippen LogP contribution >= 0.6 is 0 Å². The minimum absolute atomic E-state index is 0.282. The first kappa shape index (κ1) is 14.0. The topological polar surface area (TPSA) is 73.7 Å². The van der Waals surface area contributed by atoms with Crippen LogP contribution in [0.1, 0.15) is 12.5 Å². The summed E-state index contributed by atoms with van der Waals surface area (Å²) in [6.45, 7) is 2.26. The van der Waals surface area contributed by atoms with Gasteiger partial charge in [-0.1, -0.05) is 0 Å². The Bertz CT molecular complexity index is 408. The molecule has 0 aliphatic heterocycles. The summed E-state index contributed by atoms with van der Waals surface area (Å²) in [6, 6.07) is 3.34. The summed E-state index contributed by atoms with van der Waals surface area (Å²) in [4.78, 5) is 29.3. The third-order valence-corrected chi connectivity index (χ3v) is 2.47. The number of pyridine rings is 1. The van der Waals surface area contributed by atoms with Gasteiger partial charge in [0.25, 0.3) is 0 Å². The van der Waals surface area contributed by atoms with Gasteiger partial charge in [-0.25, -0.2) is 4.79 Å². The second-order valence-corrected chi connectivity index (χ2v) is 3.90. The molecule has 0 unspecified atom stereocenters. The van der Waals surface area contributed by atoms with Crippen LogP contribution in [-0.2, 0) is 11.3 Å². The van der Waals surface area contributed by atoms with Crippen molar-refractivity contribution >= 4 is 12.0 Å². The van der Waals surface area contributed by atoms with E-state index in [1.165, 1.54) is 9.80 Å². The molecular formula is C12H17N3O3. The number of urea groups is 1. The normalized spacial score (nSPS) is 9.89. The van der Waals surface area contributed by atoms with Crippen molar-refractivity contribution in [1.82, 2.24) is 14.8 Å². The quantitative estimate of drug-likeness (QED) is 0.848. The highest BCUT2D eigenvalue weighted by Crippen LogP contribution is 2.04. The molecule has 6 heteroatoms. The Morgan fingerprint density at radius 2 is 1.94 bits per heavy atom. The van der Waals surface area contributed by atoms with Crippen molar-refractivity contribution in [3.8, 4) is 0 Å². The van der Waals surface area contributed by atoms with E-state index in [1.54, 1.807) is 26.4 Å². The number of hydrogen-bond acceptors (Lipinski definition) is 3. The molecule has 0 aliphatic carbocycles. The number of aliphatic carboxylic acids is 1. The zero-order valence-electron chi connectivity index (χ0n) is 10.5. The van der Waals surface area contributed by atoms with Crippen LogP contribution in [-0.4, -0.2) is 52.0 Å². The molecule has 98 valence electrons. The van der Waals surface area contributed by atoms with E-state index >= 15 is 0 Å². The number of likely N-dealkylation sites (N-methyl/N-ethyl adjacent to an activating group) is 1. The Morgan fingerprint density at radius 3 is 2.44 bits per heavy atom. The van der Waals surface area contributed by atoms with Crippen molar-refractivity contribution < 1.29 is 14.7 Å². The van der Waals surface area contributed by atoms with Crippen molar-refractivity contribution in [3.05, 3.63) is 30.1 Å². The summed E-state index contributed by atoms with van der Waals surface area (Å²) < 4.78 is 0. The smallest absolute Gasteiger partial charge is 0.323 e. The Hall–Kier alpha value is -2.11. The maximum atomic E-state index is 12.0. The van der Waals surface area contributed by atoms with E-state index in [9.17, 15) is 9.59 Å². The Kier molecular flexibility index (Phi) is 5.10. The molecule has 0 saturated heterocycles. The van der Waals surface area contributed by atoms with E-state index in [2.05, 4.69) is 4.98 Å². The van der Waals surface area contributed by atoms with Crippen molar-refractivity contribution in [2.75, 3.05) is 20.1 Å². The first-order chi connectivity index (χ1) is 8.54. The number of aromatic nitrogens is 1. The first-order valence-corrected chi connectivity index (χ1v) is 5.65. The summed E-state index contributed by atoms with van der Waals surface area (Å²) in [7, 11) is 1.65. The number of nitrogens with zero attached hydrogens (tertiary/aromatic N) is 3. The van der Waals surface area contributed by atoms with Gasteiger partial charge in [0, 0.05) is 32.5 Å². The third-order valence-electron chi connectivity index (χ3n) is 2.47. The molecule has 1 rings (SSSR count). The average molecular weight is 251 g/mol. The molecular weight excluding hydrogens is 234 g/mol. The molecule has 1 heterocycles. The van der Waals surface area contributed by atoms with Crippen LogP contribution < -0.4 is 0 Å². The molecule has 1 aromatic heterocycles. The molecule has 0 radical (unpaired) electrons. The standard InChI is InChI=1S/C12H17N3O3/c1-3-15(9-11(16)17)12(18)14(2)8-10-4-6-13-7-5-10/h4-7H,3,8-9H2,1-2H3,(H,16,17). The monoisotopic (exact) mass is 251 g/mol. The largest absolute Gasteiger partial charge is 0.480 e. The molecule has 0 saturated carbocycles. The van der Waals surface area contributed by atoms with Crippen LogP contribution in [0.4, 0.5) is 4.79 Å². The van der Waals surface area contributed by atoms with Gasteiger partial charge >= 0.3 is 12.0 Å². The minimum atomic E-state index is -1.01. The molecule has 0 fully saturated rings. The molecule has 0 spiro atoms. The fraction of sp³-hybridized carbons (Fsp3) is 0.417. The summed E-state index contributed by atoms with van der Waals surface area (Å²) in [6.07, 6.45) is 3.31. The number of carbonyl (C=O) groups is 2. The maximum absolute atomic E-state index is 12.0. The SMILES string of the molecule is CCN(CC(=O)O)C(=O)N(C)Cc1ccncc1. The average Bonchev–Trinajstić information content (AvgIpc) is 2.36. The van der Waals surface area contributed by atoms with E-state index in [1.807, 2.05) is 12.1 Å². The van der Waals surface area contributed by atoms with Gasteiger partial charge in [-0.15, -0.1) is 0 Å². The molecule has 1 N–H and O–H groups in total. The molecule has 18 heavy (non-hydrogen) atoms. The minimum Gasteiger partial charge on any atom is -0.480 e. The fourth-order valence-corrected chi connectivity index (χ4v) is 1.55. The molecule has 2 amide bonds. The van der Waals surface area contributed by atoms with Crippen molar-refractivity contribution in [3.63, 3.8) is 0 Å². The lowest BCUT2D eigenvalue weighted by Crippen LogP contribution is -2.43. The zero-order valence-corrected chi connectivity index (χ0v) is 10.5. The van der Waals surface area contributed by atoms with E-state index in [0.29, 0.717) is 13.1 Å². The molecule has 0 atom stereocenters. The lowest BCUT2D eigenvalue weighted by molar-refractivity contribution is -0.137. The molecule has 6 nitrogen and oxygen atoms in total. The van der Waals surface area contributed by atoms with E-state index < -0.39 is 5.97 Å². The Morgan fingerprint density at radius 1 is 1.33 bits per heavy atom. The van der Waals surface area contributed by atoms with Gasteiger partial charge in [-0.3, -0.25) is 9.78 Å². The van der Waals surface area contributed by atoms with Gasteiger partial charge < -0.3 is 14.9 Å². The number of hydrogen-bond donors (Lipinski definition) is 1. The predicted molar refractivity (Wildman–Crippen MR) is 66.0 cm³/mol. The van der Waals surface area contributed by atoms with Gasteiger partial charge in [0.15, 0.2) is 0 Å². The highest BCUT2D eigenvalue weighted by molar-refractivity contribution is 5.80. The second kappa shape index (κ2) is 6.58. The van der Waals surface area contributed by atoms with Gasteiger partial charge in [-0.2, -0.15) is 0 Å². The molecule has 0 aromatic carbocycles. The van der Waals surface area contributed by atoms with E-state index in [-0.39, 0.29) is 12.6 Å². The summed E-state index contributed by atoms with van der Waals surface area (Å²) >= 11 is 0. The predicted octanol–water partition coefficient (Wildman–Crippen LogP) is 1.04.